The van der Waals surface area contributed by atoms with Crippen LogP contribution in [0, 0.1) is 0 Å². The molecular formula is C19H31N5O4. The van der Waals surface area contributed by atoms with Gasteiger partial charge in [-0.3, -0.25) is 19.2 Å². The maximum atomic E-state index is 12.5. The average Bonchev–Trinajstić information content (AvgIpc) is 3.05. The number of hydrogen-bond acceptors (Lipinski definition) is 6. The second-order valence-corrected chi connectivity index (χ2v) is 8.46. The van der Waals surface area contributed by atoms with Gasteiger partial charge in [-0.05, 0) is 25.8 Å². The smallest absolute Gasteiger partial charge is 0.269 e. The molecule has 1 aromatic heterocycles. The summed E-state index contributed by atoms with van der Waals surface area (Å²) in [6.07, 6.45) is 3.53. The molecule has 0 bridgehead atoms. The maximum Gasteiger partial charge on any atom is 0.269 e. The van der Waals surface area contributed by atoms with Gasteiger partial charge in [0.05, 0.1) is 30.4 Å². The van der Waals surface area contributed by atoms with Crippen LogP contribution in [0.3, 0.4) is 0 Å². The highest BCUT2D eigenvalue weighted by Crippen LogP contribution is 2.39. The fourth-order valence-electron chi connectivity index (χ4n) is 4.06. The summed E-state index contributed by atoms with van der Waals surface area (Å²) >= 11 is 0. The fourth-order valence-corrected chi connectivity index (χ4v) is 4.06. The van der Waals surface area contributed by atoms with Crippen LogP contribution in [-0.4, -0.2) is 94.1 Å². The van der Waals surface area contributed by atoms with E-state index in [9.17, 15) is 14.7 Å². The van der Waals surface area contributed by atoms with Gasteiger partial charge in [-0.2, -0.15) is 5.10 Å². The van der Waals surface area contributed by atoms with Crippen LogP contribution >= 0.6 is 0 Å². The molecule has 2 saturated heterocycles. The van der Waals surface area contributed by atoms with Crippen molar-refractivity contribution >= 4 is 11.8 Å². The van der Waals surface area contributed by atoms with Gasteiger partial charge in [-0.15, -0.1) is 0 Å². The fraction of sp³-hybridized carbons (Fsp3) is 0.737. The minimum absolute atomic E-state index is 0.0884. The molecule has 1 aromatic rings. The molecule has 2 fully saturated rings. The van der Waals surface area contributed by atoms with Crippen LogP contribution in [0.5, 0.6) is 0 Å². The third kappa shape index (κ3) is 4.37. The number of carbonyl (C=O) groups excluding carboxylic acids is 2. The Morgan fingerprint density at radius 3 is 2.61 bits per heavy atom. The summed E-state index contributed by atoms with van der Waals surface area (Å²) in [5.74, 6) is -0.188. The maximum absolute atomic E-state index is 12.5. The zero-order chi connectivity index (χ0) is 20.5. The molecule has 9 nitrogen and oxygen atoms in total. The predicted octanol–water partition coefficient (Wildman–Crippen LogP) is -0.387. The molecule has 0 aromatic carbocycles. The molecule has 0 unspecified atom stereocenters. The molecule has 9 heteroatoms. The van der Waals surface area contributed by atoms with Gasteiger partial charge in [0.25, 0.3) is 5.91 Å². The van der Waals surface area contributed by atoms with Crippen LogP contribution < -0.4 is 5.32 Å². The molecule has 0 saturated carbocycles. The number of ether oxygens (including phenoxy) is 1. The lowest BCUT2D eigenvalue weighted by Crippen LogP contribution is -2.64. The van der Waals surface area contributed by atoms with E-state index in [1.165, 1.54) is 4.68 Å². The normalized spacial score (nSPS) is 27.5. The van der Waals surface area contributed by atoms with E-state index in [4.69, 9.17) is 4.74 Å². The number of likely N-dealkylation sites (N-methyl/N-ethyl adjacent to an activating group) is 1. The minimum atomic E-state index is -1.08. The molecule has 0 radical (unpaired) electrons. The average molecular weight is 393 g/mol. The van der Waals surface area contributed by atoms with E-state index in [1.807, 2.05) is 0 Å². The molecule has 0 aliphatic carbocycles. The van der Waals surface area contributed by atoms with Crippen molar-refractivity contribution < 1.29 is 19.4 Å². The van der Waals surface area contributed by atoms with Crippen LogP contribution in [0.4, 0.5) is 0 Å². The summed E-state index contributed by atoms with van der Waals surface area (Å²) in [5, 5.41) is 18.0. The third-order valence-corrected chi connectivity index (χ3v) is 5.97. The Kier molecular flexibility index (Phi) is 5.79. The highest BCUT2D eigenvalue weighted by molar-refractivity contribution is 5.92. The van der Waals surface area contributed by atoms with E-state index < -0.39 is 17.2 Å². The van der Waals surface area contributed by atoms with Crippen LogP contribution in [0.1, 0.15) is 36.7 Å². The number of aryl methyl sites for hydroxylation is 1. The van der Waals surface area contributed by atoms with Crippen molar-refractivity contribution in [3.63, 3.8) is 0 Å². The van der Waals surface area contributed by atoms with Crippen LogP contribution in [0.25, 0.3) is 0 Å². The van der Waals surface area contributed by atoms with Gasteiger partial charge < -0.3 is 20.1 Å². The number of nitrogens with one attached hydrogen (secondary N) is 1. The molecule has 2 aliphatic heterocycles. The SMILES string of the molecule is CN(C)C(=O)CN1CCC2(CC1)C[C@](C)(O)[C@@H](NC(=O)c1ccnn1C)CO2. The monoisotopic (exact) mass is 393 g/mol. The van der Waals surface area contributed by atoms with Crippen LogP contribution in [0.2, 0.25) is 0 Å². The van der Waals surface area contributed by atoms with Crippen molar-refractivity contribution in [3.8, 4) is 0 Å². The number of carbonyl (C=O) groups is 2. The largest absolute Gasteiger partial charge is 0.388 e. The Hall–Kier alpha value is -1.97. The van der Waals surface area contributed by atoms with E-state index in [2.05, 4.69) is 15.3 Å². The van der Waals surface area contributed by atoms with E-state index in [0.29, 0.717) is 18.7 Å². The Morgan fingerprint density at radius 1 is 1.39 bits per heavy atom. The first-order valence-electron chi connectivity index (χ1n) is 9.70. The summed E-state index contributed by atoms with van der Waals surface area (Å²) in [6.45, 7) is 3.92. The van der Waals surface area contributed by atoms with Gasteiger partial charge in [0, 0.05) is 46.9 Å². The molecule has 2 N–H and O–H groups in total. The molecule has 1 spiro atoms. The van der Waals surface area contributed by atoms with Gasteiger partial charge in [-0.25, -0.2) is 0 Å². The number of piperidine rings is 1. The van der Waals surface area contributed by atoms with Crippen LogP contribution in [0.15, 0.2) is 12.3 Å². The van der Waals surface area contributed by atoms with Crippen molar-refractivity contribution in [1.82, 2.24) is 24.9 Å². The Morgan fingerprint density at radius 2 is 2.07 bits per heavy atom. The number of rotatable bonds is 4. The molecule has 156 valence electrons. The first-order chi connectivity index (χ1) is 13.1. The van der Waals surface area contributed by atoms with Gasteiger partial charge in [0.2, 0.25) is 5.91 Å². The Balaban J connectivity index is 1.57. The Labute approximate surface area is 165 Å². The van der Waals surface area contributed by atoms with Crippen molar-refractivity contribution in [1.29, 1.82) is 0 Å². The number of amides is 2. The summed E-state index contributed by atoms with van der Waals surface area (Å²) in [6, 6.07) is 1.15. The number of nitrogens with zero attached hydrogens (tertiary/aromatic N) is 4. The van der Waals surface area contributed by atoms with Crippen LogP contribution in [-0.2, 0) is 16.6 Å². The lowest BCUT2D eigenvalue weighted by Gasteiger charge is -2.51. The second kappa shape index (κ2) is 7.81. The molecular weight excluding hydrogens is 362 g/mol. The van der Waals surface area contributed by atoms with Gasteiger partial charge in [0.15, 0.2) is 0 Å². The Bertz CT molecular complexity index is 722. The number of likely N-dealkylation sites (tertiary alicyclic amines) is 1. The number of aliphatic hydroxyl groups is 1. The molecule has 2 atom stereocenters. The third-order valence-electron chi connectivity index (χ3n) is 5.97. The lowest BCUT2D eigenvalue weighted by molar-refractivity contribution is -0.186. The van der Waals surface area contributed by atoms with Crippen molar-refractivity contribution in [2.24, 2.45) is 7.05 Å². The summed E-state index contributed by atoms with van der Waals surface area (Å²) in [5.41, 5.74) is -1.04. The standard InChI is InChI=1S/C19H31N5O4/c1-18(27)13-19(6-9-24(10-7-19)11-16(25)22(2)3)28-12-15(18)21-17(26)14-5-8-20-23(14)4/h5,8,15,27H,6-7,9-13H2,1-4H3,(H,21,26)/t15-,18-/m0/s1. The predicted molar refractivity (Wildman–Crippen MR) is 103 cm³/mol. The zero-order valence-electron chi connectivity index (χ0n) is 17.1. The highest BCUT2D eigenvalue weighted by Gasteiger charge is 2.49. The quantitative estimate of drug-likeness (QED) is 0.723. The molecule has 28 heavy (non-hydrogen) atoms. The second-order valence-electron chi connectivity index (χ2n) is 8.46. The molecule has 3 heterocycles. The van der Waals surface area contributed by atoms with E-state index in [-0.39, 0.29) is 18.4 Å². The van der Waals surface area contributed by atoms with Crippen molar-refractivity contribution in [2.75, 3.05) is 40.3 Å². The molecule has 2 aliphatic rings. The number of aromatic nitrogens is 2. The van der Waals surface area contributed by atoms with Gasteiger partial charge in [-0.1, -0.05) is 0 Å². The first kappa shape index (κ1) is 20.8. The summed E-state index contributed by atoms with van der Waals surface area (Å²) < 4.78 is 7.68. The topological polar surface area (TPSA) is 99.9 Å². The van der Waals surface area contributed by atoms with Crippen molar-refractivity contribution in [2.45, 2.75) is 43.4 Å². The van der Waals surface area contributed by atoms with E-state index >= 15 is 0 Å². The summed E-state index contributed by atoms with van der Waals surface area (Å²) in [7, 11) is 5.22. The minimum Gasteiger partial charge on any atom is -0.388 e. The highest BCUT2D eigenvalue weighted by atomic mass is 16.5. The van der Waals surface area contributed by atoms with E-state index in [0.717, 1.165) is 25.9 Å². The van der Waals surface area contributed by atoms with Gasteiger partial charge >= 0.3 is 0 Å². The lowest BCUT2D eigenvalue weighted by atomic mass is 9.75. The zero-order valence-corrected chi connectivity index (χ0v) is 17.1. The molecule has 2 amide bonds. The molecule has 3 rings (SSSR count). The first-order valence-corrected chi connectivity index (χ1v) is 9.70. The summed E-state index contributed by atoms with van der Waals surface area (Å²) in [4.78, 5) is 28.1. The van der Waals surface area contributed by atoms with Crippen molar-refractivity contribution in [3.05, 3.63) is 18.0 Å². The number of hydrogen-bond donors (Lipinski definition) is 2. The van der Waals surface area contributed by atoms with Gasteiger partial charge in [0.1, 0.15) is 5.69 Å². The van der Waals surface area contributed by atoms with E-state index in [1.54, 1.807) is 45.2 Å².